The molecule has 29 heavy (non-hydrogen) atoms. The Morgan fingerprint density at radius 3 is 2.31 bits per heavy atom. The molecule has 0 heterocycles. The highest BCUT2D eigenvalue weighted by Gasteiger charge is 2.31. The molecular formula is C20H17F3N2O4. The number of nitriles is 1. The first kappa shape index (κ1) is 21.8. The number of benzene rings is 2. The van der Waals surface area contributed by atoms with Crippen molar-refractivity contribution < 1.29 is 32.2 Å². The molecule has 0 unspecified atom stereocenters. The zero-order valence-corrected chi connectivity index (χ0v) is 15.5. The predicted molar refractivity (Wildman–Crippen MR) is 96.9 cm³/mol. The van der Waals surface area contributed by atoms with Crippen LogP contribution in [0.2, 0.25) is 0 Å². The number of amides is 1. The fraction of sp³-hybridized carbons (Fsp3) is 0.250. The second-order valence-electron chi connectivity index (χ2n) is 6.04. The summed E-state index contributed by atoms with van der Waals surface area (Å²) in [6, 6.07) is 12.1. The third-order valence-corrected chi connectivity index (χ3v) is 3.75. The number of carbonyl (C=O) groups excluding carboxylic acids is 2. The van der Waals surface area contributed by atoms with Gasteiger partial charge in [0.15, 0.2) is 12.2 Å². The molecule has 2 rings (SSSR count). The average molecular weight is 406 g/mol. The molecule has 0 aromatic heterocycles. The van der Waals surface area contributed by atoms with Crippen LogP contribution in [0.4, 0.5) is 18.9 Å². The summed E-state index contributed by atoms with van der Waals surface area (Å²) in [4.78, 5) is 24.2. The van der Waals surface area contributed by atoms with Crippen molar-refractivity contribution in [1.29, 1.82) is 5.26 Å². The number of nitrogens with zero attached hydrogens (tertiary/aromatic N) is 1. The first-order valence-corrected chi connectivity index (χ1v) is 8.45. The van der Waals surface area contributed by atoms with Crippen molar-refractivity contribution >= 4 is 17.6 Å². The third-order valence-electron chi connectivity index (χ3n) is 3.75. The van der Waals surface area contributed by atoms with E-state index in [9.17, 15) is 22.8 Å². The maximum Gasteiger partial charge on any atom is 0.416 e. The molecule has 0 bridgehead atoms. The first-order chi connectivity index (χ1) is 13.6. The van der Waals surface area contributed by atoms with Crippen LogP contribution in [0.3, 0.4) is 0 Å². The van der Waals surface area contributed by atoms with Gasteiger partial charge in [0.05, 0.1) is 17.2 Å². The van der Waals surface area contributed by atoms with Crippen LogP contribution in [0.15, 0.2) is 48.5 Å². The van der Waals surface area contributed by atoms with Crippen molar-refractivity contribution in [2.45, 2.75) is 32.2 Å². The van der Waals surface area contributed by atoms with Gasteiger partial charge in [-0.15, -0.1) is 0 Å². The van der Waals surface area contributed by atoms with Crippen LogP contribution < -0.4 is 10.1 Å². The summed E-state index contributed by atoms with van der Waals surface area (Å²) in [7, 11) is 0. The molecule has 0 saturated carbocycles. The number of hydrogen-bond donors (Lipinski definition) is 1. The largest absolute Gasteiger partial charge is 0.479 e. The van der Waals surface area contributed by atoms with E-state index in [2.05, 4.69) is 5.32 Å². The zero-order valence-electron chi connectivity index (χ0n) is 15.5. The molecule has 0 aliphatic heterocycles. The van der Waals surface area contributed by atoms with E-state index in [1.807, 2.05) is 6.07 Å². The maximum atomic E-state index is 12.7. The number of ether oxygens (including phenoxy) is 2. The molecule has 2 atom stereocenters. The van der Waals surface area contributed by atoms with E-state index >= 15 is 0 Å². The van der Waals surface area contributed by atoms with Crippen LogP contribution in [0.1, 0.15) is 25.0 Å². The van der Waals surface area contributed by atoms with E-state index < -0.39 is 35.8 Å². The second-order valence-corrected chi connectivity index (χ2v) is 6.04. The summed E-state index contributed by atoms with van der Waals surface area (Å²) >= 11 is 0. The standard InChI is InChI=1S/C20H17F3N2O4/c1-12(18(26)25-16-5-3-4-15(10-16)20(21,22)23)29-19(27)13(2)28-17-8-6-14(11-24)7-9-17/h3-10,12-13H,1-2H3,(H,25,26)/t12-,13+/m0/s1. The van der Waals surface area contributed by atoms with Gasteiger partial charge < -0.3 is 14.8 Å². The van der Waals surface area contributed by atoms with Crippen LogP contribution in [-0.2, 0) is 20.5 Å². The van der Waals surface area contributed by atoms with Gasteiger partial charge in [-0.3, -0.25) is 4.79 Å². The number of esters is 1. The fourth-order valence-corrected chi connectivity index (χ4v) is 2.20. The Morgan fingerprint density at radius 2 is 1.72 bits per heavy atom. The Morgan fingerprint density at radius 1 is 1.07 bits per heavy atom. The van der Waals surface area contributed by atoms with E-state index in [4.69, 9.17) is 14.7 Å². The average Bonchev–Trinajstić information content (AvgIpc) is 2.68. The van der Waals surface area contributed by atoms with Gasteiger partial charge in [-0.25, -0.2) is 4.79 Å². The van der Waals surface area contributed by atoms with Crippen LogP contribution >= 0.6 is 0 Å². The van der Waals surface area contributed by atoms with Crippen molar-refractivity contribution in [2.24, 2.45) is 0 Å². The predicted octanol–water partition coefficient (Wildman–Crippen LogP) is 3.91. The zero-order chi connectivity index (χ0) is 21.6. The van der Waals surface area contributed by atoms with Gasteiger partial charge in [-0.05, 0) is 56.3 Å². The van der Waals surface area contributed by atoms with Crippen molar-refractivity contribution in [3.05, 3.63) is 59.7 Å². The minimum atomic E-state index is -4.54. The summed E-state index contributed by atoms with van der Waals surface area (Å²) in [5.74, 6) is -1.29. The molecule has 9 heteroatoms. The van der Waals surface area contributed by atoms with Crippen LogP contribution in [0, 0.1) is 11.3 Å². The minimum Gasteiger partial charge on any atom is -0.479 e. The molecule has 0 saturated heterocycles. The highest BCUT2D eigenvalue weighted by atomic mass is 19.4. The number of carbonyl (C=O) groups is 2. The normalized spacial score (nSPS) is 13.0. The summed E-state index contributed by atoms with van der Waals surface area (Å²) < 4.78 is 48.6. The fourth-order valence-electron chi connectivity index (χ4n) is 2.20. The van der Waals surface area contributed by atoms with Crippen molar-refractivity contribution in [3.63, 3.8) is 0 Å². The lowest BCUT2D eigenvalue weighted by atomic mass is 10.2. The highest BCUT2D eigenvalue weighted by molar-refractivity contribution is 5.95. The van der Waals surface area contributed by atoms with Gasteiger partial charge in [-0.2, -0.15) is 18.4 Å². The molecule has 0 radical (unpaired) electrons. The summed E-state index contributed by atoms with van der Waals surface area (Å²) in [5.41, 5.74) is -0.563. The van der Waals surface area contributed by atoms with Gasteiger partial charge in [-0.1, -0.05) is 6.07 Å². The van der Waals surface area contributed by atoms with Crippen molar-refractivity contribution in [2.75, 3.05) is 5.32 Å². The molecule has 0 spiro atoms. The quantitative estimate of drug-likeness (QED) is 0.735. The first-order valence-electron chi connectivity index (χ1n) is 8.45. The third kappa shape index (κ3) is 6.24. The molecule has 0 aliphatic rings. The van der Waals surface area contributed by atoms with Gasteiger partial charge in [0.25, 0.3) is 5.91 Å². The number of anilines is 1. The lowest BCUT2D eigenvalue weighted by molar-refractivity contribution is -0.159. The lowest BCUT2D eigenvalue weighted by Gasteiger charge is -2.18. The maximum absolute atomic E-state index is 12.7. The number of hydrogen-bond acceptors (Lipinski definition) is 5. The van der Waals surface area contributed by atoms with Crippen LogP contribution in [0.5, 0.6) is 5.75 Å². The molecule has 0 aliphatic carbocycles. The smallest absolute Gasteiger partial charge is 0.416 e. The molecule has 2 aromatic rings. The molecule has 152 valence electrons. The minimum absolute atomic E-state index is 0.0744. The topological polar surface area (TPSA) is 88.4 Å². The van der Waals surface area contributed by atoms with E-state index in [0.29, 0.717) is 11.3 Å². The Bertz CT molecular complexity index is 921. The Hall–Kier alpha value is -3.54. The Kier molecular flexibility index (Phi) is 6.83. The summed E-state index contributed by atoms with van der Waals surface area (Å²) in [6.07, 6.45) is -6.85. The number of alkyl halides is 3. The van der Waals surface area contributed by atoms with Gasteiger partial charge in [0.1, 0.15) is 5.75 Å². The van der Waals surface area contributed by atoms with Gasteiger partial charge >= 0.3 is 12.1 Å². The molecule has 1 N–H and O–H groups in total. The summed E-state index contributed by atoms with van der Waals surface area (Å²) in [6.45, 7) is 2.70. The number of rotatable bonds is 6. The van der Waals surface area contributed by atoms with Gasteiger partial charge in [0, 0.05) is 5.69 Å². The SMILES string of the molecule is C[C@H](OC(=O)[C@@H](C)Oc1ccc(C#N)cc1)C(=O)Nc1cccc(C(F)(F)F)c1. The number of halogens is 3. The summed E-state index contributed by atoms with van der Waals surface area (Å²) in [5, 5.41) is 11.0. The van der Waals surface area contributed by atoms with E-state index in [1.165, 1.54) is 44.2 Å². The lowest BCUT2D eigenvalue weighted by Crippen LogP contribution is -2.35. The molecular weight excluding hydrogens is 389 g/mol. The van der Waals surface area contributed by atoms with Crippen LogP contribution in [-0.4, -0.2) is 24.1 Å². The van der Waals surface area contributed by atoms with Crippen molar-refractivity contribution in [1.82, 2.24) is 0 Å². The molecule has 1 amide bonds. The second kappa shape index (κ2) is 9.10. The van der Waals surface area contributed by atoms with E-state index in [0.717, 1.165) is 18.2 Å². The highest BCUT2D eigenvalue weighted by Crippen LogP contribution is 2.30. The van der Waals surface area contributed by atoms with Crippen molar-refractivity contribution in [3.8, 4) is 11.8 Å². The molecule has 0 fully saturated rings. The Labute approximate surface area is 164 Å². The molecule has 6 nitrogen and oxygen atoms in total. The van der Waals surface area contributed by atoms with E-state index in [-0.39, 0.29) is 5.69 Å². The molecule has 2 aromatic carbocycles. The Balaban J connectivity index is 1.92. The van der Waals surface area contributed by atoms with Gasteiger partial charge in [0.2, 0.25) is 0 Å². The van der Waals surface area contributed by atoms with Crippen LogP contribution in [0.25, 0.3) is 0 Å². The monoisotopic (exact) mass is 406 g/mol. The number of nitrogens with one attached hydrogen (secondary N) is 1. The van der Waals surface area contributed by atoms with E-state index in [1.54, 1.807) is 0 Å².